The standard InChI is InChI=1S/C22H15NO9/c24-15-6-5-11(7-16(15)25)22-21(28)20(27)19-17(26)8-13(9-18(19)32-22)31-10-12-3-1-2-4-14(12)23(29)30/h1-9,24-26,28H,10H2. The first-order chi connectivity index (χ1) is 15.3. The van der Waals surface area contributed by atoms with Crippen LogP contribution < -0.4 is 10.2 Å². The average Bonchev–Trinajstić information content (AvgIpc) is 2.76. The molecule has 0 amide bonds. The number of benzene rings is 3. The predicted octanol–water partition coefficient (Wildman–Crippen LogP) is 3.77. The van der Waals surface area contributed by atoms with Crippen LogP contribution in [0.4, 0.5) is 5.69 Å². The number of ether oxygens (including phenoxy) is 1. The number of para-hydroxylation sites is 1. The van der Waals surface area contributed by atoms with E-state index in [4.69, 9.17) is 9.15 Å². The van der Waals surface area contributed by atoms with Gasteiger partial charge in [0.2, 0.25) is 11.2 Å². The highest BCUT2D eigenvalue weighted by molar-refractivity contribution is 5.88. The van der Waals surface area contributed by atoms with Crippen LogP contribution in [-0.4, -0.2) is 25.3 Å². The number of nitro groups is 1. The Morgan fingerprint density at radius 3 is 2.41 bits per heavy atom. The van der Waals surface area contributed by atoms with Gasteiger partial charge in [0, 0.05) is 23.8 Å². The summed E-state index contributed by atoms with van der Waals surface area (Å²) in [6.45, 7) is -0.191. The van der Waals surface area contributed by atoms with Gasteiger partial charge in [-0.3, -0.25) is 14.9 Å². The second kappa shape index (κ2) is 7.84. The van der Waals surface area contributed by atoms with Crippen molar-refractivity contribution in [2.24, 2.45) is 0 Å². The summed E-state index contributed by atoms with van der Waals surface area (Å²) in [7, 11) is 0. The first-order valence-electron chi connectivity index (χ1n) is 9.16. The van der Waals surface area contributed by atoms with Gasteiger partial charge in [-0.2, -0.15) is 0 Å². The minimum absolute atomic E-state index is 0.0569. The van der Waals surface area contributed by atoms with Crippen LogP contribution in [0, 0.1) is 10.1 Å². The Bertz CT molecular complexity index is 1430. The molecular weight excluding hydrogens is 422 g/mol. The maximum Gasteiger partial charge on any atom is 0.276 e. The zero-order valence-corrected chi connectivity index (χ0v) is 16.2. The van der Waals surface area contributed by atoms with Crippen molar-refractivity contribution in [1.29, 1.82) is 0 Å². The summed E-state index contributed by atoms with van der Waals surface area (Å²) in [5, 5.41) is 50.6. The lowest BCUT2D eigenvalue weighted by atomic mass is 10.1. The number of hydrogen-bond acceptors (Lipinski definition) is 9. The van der Waals surface area contributed by atoms with Crippen molar-refractivity contribution in [3.63, 3.8) is 0 Å². The molecule has 32 heavy (non-hydrogen) atoms. The maximum atomic E-state index is 12.6. The summed E-state index contributed by atoms with van der Waals surface area (Å²) in [6.07, 6.45) is 0. The lowest BCUT2D eigenvalue weighted by Crippen LogP contribution is -2.04. The van der Waals surface area contributed by atoms with E-state index in [9.17, 15) is 35.3 Å². The second-order valence-corrected chi connectivity index (χ2v) is 6.80. The molecule has 0 fully saturated rings. The zero-order chi connectivity index (χ0) is 23.0. The largest absolute Gasteiger partial charge is 0.507 e. The molecule has 0 atom stereocenters. The number of phenolic OH excluding ortho intramolecular Hbond substituents is 3. The molecule has 10 nitrogen and oxygen atoms in total. The third-order valence-corrected chi connectivity index (χ3v) is 4.74. The van der Waals surface area contributed by atoms with Gasteiger partial charge < -0.3 is 29.6 Å². The van der Waals surface area contributed by atoms with E-state index < -0.39 is 33.4 Å². The molecule has 0 spiro atoms. The summed E-state index contributed by atoms with van der Waals surface area (Å²) in [5.41, 5.74) is -0.792. The van der Waals surface area contributed by atoms with Gasteiger partial charge in [0.05, 0.1) is 10.5 Å². The molecule has 0 unspecified atom stereocenters. The molecule has 4 N–H and O–H groups in total. The highest BCUT2D eigenvalue weighted by Gasteiger charge is 2.20. The minimum atomic E-state index is -0.920. The summed E-state index contributed by atoms with van der Waals surface area (Å²) in [5.74, 6) is -2.46. The van der Waals surface area contributed by atoms with Gasteiger partial charge in [-0.25, -0.2) is 0 Å². The molecule has 0 aliphatic rings. The van der Waals surface area contributed by atoms with Gasteiger partial charge in [-0.05, 0) is 24.3 Å². The third-order valence-electron chi connectivity index (χ3n) is 4.74. The van der Waals surface area contributed by atoms with Crippen LogP contribution in [0.1, 0.15) is 5.56 Å². The van der Waals surface area contributed by atoms with Gasteiger partial charge in [0.15, 0.2) is 17.3 Å². The van der Waals surface area contributed by atoms with E-state index in [1.54, 1.807) is 6.07 Å². The zero-order valence-electron chi connectivity index (χ0n) is 16.2. The lowest BCUT2D eigenvalue weighted by Gasteiger charge is -2.11. The first kappa shape index (κ1) is 20.5. The number of phenols is 3. The van der Waals surface area contributed by atoms with Crippen molar-refractivity contribution < 1.29 is 34.5 Å². The highest BCUT2D eigenvalue weighted by Crippen LogP contribution is 2.38. The molecule has 10 heteroatoms. The highest BCUT2D eigenvalue weighted by atomic mass is 16.6. The van der Waals surface area contributed by atoms with Gasteiger partial charge in [0.25, 0.3) is 5.69 Å². The van der Waals surface area contributed by atoms with Crippen molar-refractivity contribution in [1.82, 2.24) is 0 Å². The van der Waals surface area contributed by atoms with Crippen molar-refractivity contribution >= 4 is 16.7 Å². The van der Waals surface area contributed by atoms with E-state index in [2.05, 4.69) is 0 Å². The molecule has 0 aliphatic heterocycles. The fraction of sp³-hybridized carbons (Fsp3) is 0.0455. The Labute approximate surface area is 179 Å². The van der Waals surface area contributed by atoms with Crippen molar-refractivity contribution in [2.45, 2.75) is 6.61 Å². The molecule has 4 aromatic rings. The molecule has 3 aromatic carbocycles. The van der Waals surface area contributed by atoms with E-state index in [0.29, 0.717) is 5.56 Å². The summed E-state index contributed by atoms with van der Waals surface area (Å²) in [4.78, 5) is 23.2. The number of nitrogens with zero attached hydrogens (tertiary/aromatic N) is 1. The molecule has 0 saturated carbocycles. The number of nitro benzene ring substituents is 1. The average molecular weight is 437 g/mol. The van der Waals surface area contributed by atoms with Crippen LogP contribution in [0.2, 0.25) is 0 Å². The maximum absolute atomic E-state index is 12.6. The van der Waals surface area contributed by atoms with Crippen LogP contribution in [0.3, 0.4) is 0 Å². The number of rotatable bonds is 5. The van der Waals surface area contributed by atoms with Gasteiger partial charge in [0.1, 0.15) is 29.1 Å². The fourth-order valence-corrected chi connectivity index (χ4v) is 3.18. The van der Waals surface area contributed by atoms with Crippen LogP contribution >= 0.6 is 0 Å². The topological polar surface area (TPSA) is 164 Å². The molecule has 1 heterocycles. The van der Waals surface area contributed by atoms with Gasteiger partial charge in [-0.15, -0.1) is 0 Å². The predicted molar refractivity (Wildman–Crippen MR) is 112 cm³/mol. The summed E-state index contributed by atoms with van der Waals surface area (Å²) >= 11 is 0. The Kier molecular flexibility index (Phi) is 5.03. The molecule has 162 valence electrons. The minimum Gasteiger partial charge on any atom is -0.507 e. The first-order valence-corrected chi connectivity index (χ1v) is 9.16. The van der Waals surface area contributed by atoms with Crippen LogP contribution in [-0.2, 0) is 6.61 Å². The molecule has 1 aromatic heterocycles. The Balaban J connectivity index is 1.77. The Morgan fingerprint density at radius 1 is 0.938 bits per heavy atom. The van der Waals surface area contributed by atoms with E-state index in [0.717, 1.165) is 18.2 Å². The third kappa shape index (κ3) is 3.60. The van der Waals surface area contributed by atoms with E-state index in [1.807, 2.05) is 0 Å². The van der Waals surface area contributed by atoms with Gasteiger partial charge in [-0.1, -0.05) is 12.1 Å². The number of hydrogen-bond donors (Lipinski definition) is 4. The molecule has 0 bridgehead atoms. The quantitative estimate of drug-likeness (QED) is 0.207. The van der Waals surface area contributed by atoms with Crippen LogP contribution in [0.5, 0.6) is 28.7 Å². The SMILES string of the molecule is O=c1c(O)c(-c2ccc(O)c(O)c2)oc2cc(OCc3ccccc3[N+](=O)[O-])cc(O)c12. The Morgan fingerprint density at radius 2 is 1.69 bits per heavy atom. The number of aromatic hydroxyl groups is 4. The van der Waals surface area contributed by atoms with Crippen LogP contribution in [0.25, 0.3) is 22.3 Å². The monoisotopic (exact) mass is 437 g/mol. The fourth-order valence-electron chi connectivity index (χ4n) is 3.18. The molecule has 0 saturated heterocycles. The summed E-state index contributed by atoms with van der Waals surface area (Å²) < 4.78 is 11.2. The Hall–Kier alpha value is -4.73. The number of fused-ring (bicyclic) bond motifs is 1. The summed E-state index contributed by atoms with van der Waals surface area (Å²) in [6, 6.07) is 12.0. The molecule has 0 aliphatic carbocycles. The van der Waals surface area contributed by atoms with E-state index in [-0.39, 0.29) is 40.3 Å². The molecule has 0 radical (unpaired) electrons. The van der Waals surface area contributed by atoms with Crippen molar-refractivity contribution in [2.75, 3.05) is 0 Å². The van der Waals surface area contributed by atoms with Crippen LogP contribution in [0.15, 0.2) is 63.8 Å². The van der Waals surface area contributed by atoms with Crippen molar-refractivity contribution in [3.8, 4) is 40.1 Å². The van der Waals surface area contributed by atoms with Gasteiger partial charge >= 0.3 is 0 Å². The normalized spacial score (nSPS) is 10.9. The smallest absolute Gasteiger partial charge is 0.276 e. The molecular formula is C22H15NO9. The van der Waals surface area contributed by atoms with E-state index >= 15 is 0 Å². The second-order valence-electron chi connectivity index (χ2n) is 6.80. The van der Waals surface area contributed by atoms with E-state index in [1.165, 1.54) is 30.3 Å². The van der Waals surface area contributed by atoms with Crippen molar-refractivity contribution in [3.05, 3.63) is 80.5 Å². The molecule has 4 rings (SSSR count). The lowest BCUT2D eigenvalue weighted by molar-refractivity contribution is -0.385.